The molecule has 112 valence electrons. The molecule has 5 heteroatoms. The third-order valence-electron chi connectivity index (χ3n) is 4.02. The van der Waals surface area contributed by atoms with Crippen molar-refractivity contribution in [3.05, 3.63) is 56.1 Å². The highest BCUT2D eigenvalue weighted by Crippen LogP contribution is 2.22. The van der Waals surface area contributed by atoms with Gasteiger partial charge in [0, 0.05) is 22.7 Å². The Morgan fingerprint density at radius 3 is 3.00 bits per heavy atom. The first-order chi connectivity index (χ1) is 10.2. The Kier molecular flexibility index (Phi) is 4.24. The minimum absolute atomic E-state index is 0.00593. The third-order valence-corrected chi connectivity index (χ3v) is 4.97. The largest absolute Gasteiger partial charge is 0.376 e. The zero-order valence-corrected chi connectivity index (χ0v) is 12.9. The van der Waals surface area contributed by atoms with E-state index in [1.165, 1.54) is 0 Å². The van der Waals surface area contributed by atoms with Gasteiger partial charge >= 0.3 is 0 Å². The van der Waals surface area contributed by atoms with Crippen molar-refractivity contribution >= 4 is 11.3 Å². The van der Waals surface area contributed by atoms with E-state index in [1.54, 1.807) is 15.9 Å². The van der Waals surface area contributed by atoms with Crippen LogP contribution in [0.25, 0.3) is 0 Å². The number of rotatable bonds is 4. The van der Waals surface area contributed by atoms with E-state index in [-0.39, 0.29) is 17.7 Å². The second kappa shape index (κ2) is 6.13. The summed E-state index contributed by atoms with van der Waals surface area (Å²) in [5.41, 5.74) is 7.87. The van der Waals surface area contributed by atoms with Crippen LogP contribution >= 0.6 is 11.3 Å². The lowest BCUT2D eigenvalue weighted by atomic mass is 10.1. The second-order valence-corrected chi connectivity index (χ2v) is 6.45. The van der Waals surface area contributed by atoms with Crippen LogP contribution in [-0.2, 0) is 11.3 Å². The first-order valence-electron chi connectivity index (χ1n) is 7.27. The molecule has 1 aliphatic rings. The average molecular weight is 304 g/mol. The van der Waals surface area contributed by atoms with Crippen molar-refractivity contribution in [2.24, 2.45) is 5.73 Å². The van der Waals surface area contributed by atoms with Gasteiger partial charge in [0.05, 0.1) is 18.7 Å². The van der Waals surface area contributed by atoms with E-state index in [0.717, 1.165) is 30.0 Å². The van der Waals surface area contributed by atoms with Crippen molar-refractivity contribution in [2.45, 2.75) is 38.5 Å². The fraction of sp³-hybridized carbons (Fsp3) is 0.438. The topological polar surface area (TPSA) is 57.2 Å². The van der Waals surface area contributed by atoms with Crippen LogP contribution in [0.15, 0.2) is 34.4 Å². The summed E-state index contributed by atoms with van der Waals surface area (Å²) in [5.74, 6) is 0. The standard InChI is InChI=1S/C16H20N2O2S/c1-11-6-7-13(15(17)14-5-3-9-21-14)16(19)18(11)10-12-4-2-8-20-12/h3,5-7,9,12,15H,2,4,8,10,17H2,1H3. The smallest absolute Gasteiger partial charge is 0.255 e. The van der Waals surface area contributed by atoms with Gasteiger partial charge in [-0.2, -0.15) is 0 Å². The molecule has 0 aromatic carbocycles. The monoisotopic (exact) mass is 304 g/mol. The van der Waals surface area contributed by atoms with E-state index in [4.69, 9.17) is 10.5 Å². The van der Waals surface area contributed by atoms with Crippen LogP contribution in [0.4, 0.5) is 0 Å². The molecule has 2 aromatic rings. The zero-order chi connectivity index (χ0) is 14.8. The summed E-state index contributed by atoms with van der Waals surface area (Å²) in [5, 5.41) is 1.98. The molecular weight excluding hydrogens is 284 g/mol. The van der Waals surface area contributed by atoms with Crippen molar-refractivity contribution in [2.75, 3.05) is 6.61 Å². The van der Waals surface area contributed by atoms with Crippen LogP contribution in [0.3, 0.4) is 0 Å². The van der Waals surface area contributed by atoms with Crippen LogP contribution in [0.2, 0.25) is 0 Å². The van der Waals surface area contributed by atoms with Gasteiger partial charge in [-0.3, -0.25) is 4.79 Å². The summed E-state index contributed by atoms with van der Waals surface area (Å²) >= 11 is 1.58. The van der Waals surface area contributed by atoms with Gasteiger partial charge in [-0.05, 0) is 43.3 Å². The first-order valence-corrected chi connectivity index (χ1v) is 8.15. The highest BCUT2D eigenvalue weighted by atomic mass is 32.1. The molecule has 0 radical (unpaired) electrons. The maximum atomic E-state index is 12.7. The second-order valence-electron chi connectivity index (χ2n) is 5.47. The molecule has 2 aromatic heterocycles. The number of hydrogen-bond donors (Lipinski definition) is 1. The van der Waals surface area contributed by atoms with Crippen molar-refractivity contribution in [1.82, 2.24) is 4.57 Å². The lowest BCUT2D eigenvalue weighted by Gasteiger charge is -2.17. The molecule has 4 nitrogen and oxygen atoms in total. The molecule has 2 unspecified atom stereocenters. The molecule has 0 amide bonds. The number of pyridine rings is 1. The van der Waals surface area contributed by atoms with Crippen molar-refractivity contribution in [1.29, 1.82) is 0 Å². The number of thiophene rings is 1. The Bertz CT molecular complexity index is 657. The molecule has 0 spiro atoms. The number of aromatic nitrogens is 1. The molecule has 2 N–H and O–H groups in total. The summed E-state index contributed by atoms with van der Waals surface area (Å²) < 4.78 is 7.45. The molecule has 0 aliphatic carbocycles. The minimum Gasteiger partial charge on any atom is -0.376 e. The summed E-state index contributed by atoms with van der Waals surface area (Å²) in [6, 6.07) is 7.40. The summed E-state index contributed by atoms with van der Waals surface area (Å²) in [4.78, 5) is 13.8. The van der Waals surface area contributed by atoms with Crippen LogP contribution in [0.5, 0.6) is 0 Å². The van der Waals surface area contributed by atoms with Gasteiger partial charge < -0.3 is 15.0 Å². The molecule has 21 heavy (non-hydrogen) atoms. The number of aryl methyl sites for hydroxylation is 1. The maximum Gasteiger partial charge on any atom is 0.255 e. The van der Waals surface area contributed by atoms with E-state index < -0.39 is 0 Å². The normalized spacial score (nSPS) is 19.8. The highest BCUT2D eigenvalue weighted by Gasteiger charge is 2.20. The van der Waals surface area contributed by atoms with Gasteiger partial charge in [-0.1, -0.05) is 6.07 Å². The molecule has 1 aliphatic heterocycles. The van der Waals surface area contributed by atoms with Gasteiger partial charge in [0.15, 0.2) is 0 Å². The van der Waals surface area contributed by atoms with Gasteiger partial charge in [0.1, 0.15) is 0 Å². The molecule has 0 saturated carbocycles. The summed E-state index contributed by atoms with van der Waals surface area (Å²) in [6.07, 6.45) is 2.24. The van der Waals surface area contributed by atoms with Crippen LogP contribution < -0.4 is 11.3 Å². The molecule has 3 heterocycles. The molecular formula is C16H20N2O2S. The van der Waals surface area contributed by atoms with Crippen molar-refractivity contribution in [3.8, 4) is 0 Å². The van der Waals surface area contributed by atoms with E-state index in [0.29, 0.717) is 12.1 Å². The highest BCUT2D eigenvalue weighted by molar-refractivity contribution is 7.10. The van der Waals surface area contributed by atoms with Crippen molar-refractivity contribution in [3.63, 3.8) is 0 Å². The van der Waals surface area contributed by atoms with Crippen LogP contribution in [-0.4, -0.2) is 17.3 Å². The average Bonchev–Trinajstić information content (AvgIpc) is 3.16. The Hall–Kier alpha value is -1.43. The van der Waals surface area contributed by atoms with Crippen LogP contribution in [0.1, 0.15) is 35.0 Å². The molecule has 1 saturated heterocycles. The van der Waals surface area contributed by atoms with E-state index in [2.05, 4.69) is 0 Å². The molecule has 3 rings (SSSR count). The lowest BCUT2D eigenvalue weighted by molar-refractivity contribution is 0.0955. The Morgan fingerprint density at radius 2 is 2.33 bits per heavy atom. The Labute approximate surface area is 128 Å². The predicted octanol–water partition coefficient (Wildman–Crippen LogP) is 2.45. The molecule has 0 bridgehead atoms. The summed E-state index contributed by atoms with van der Waals surface area (Å²) in [7, 11) is 0. The molecule has 1 fully saturated rings. The number of nitrogens with zero attached hydrogens (tertiary/aromatic N) is 1. The predicted molar refractivity (Wildman–Crippen MR) is 84.8 cm³/mol. The Balaban J connectivity index is 1.93. The lowest BCUT2D eigenvalue weighted by Crippen LogP contribution is -2.32. The van der Waals surface area contributed by atoms with Gasteiger partial charge in [0.25, 0.3) is 5.56 Å². The Morgan fingerprint density at radius 1 is 1.48 bits per heavy atom. The van der Waals surface area contributed by atoms with E-state index >= 15 is 0 Å². The van der Waals surface area contributed by atoms with Crippen molar-refractivity contribution < 1.29 is 4.74 Å². The third kappa shape index (κ3) is 2.95. The molecule has 2 atom stereocenters. The van der Waals surface area contributed by atoms with Gasteiger partial charge in [-0.15, -0.1) is 11.3 Å². The van der Waals surface area contributed by atoms with Gasteiger partial charge in [0.2, 0.25) is 0 Å². The maximum absolute atomic E-state index is 12.7. The minimum atomic E-state index is -0.353. The van der Waals surface area contributed by atoms with Gasteiger partial charge in [-0.25, -0.2) is 0 Å². The van der Waals surface area contributed by atoms with E-state index in [9.17, 15) is 4.79 Å². The number of hydrogen-bond acceptors (Lipinski definition) is 4. The first kappa shape index (κ1) is 14.5. The fourth-order valence-corrected chi connectivity index (χ4v) is 3.51. The number of ether oxygens (including phenoxy) is 1. The number of nitrogens with two attached hydrogens (primary N) is 1. The van der Waals surface area contributed by atoms with E-state index in [1.807, 2.05) is 36.6 Å². The zero-order valence-electron chi connectivity index (χ0n) is 12.1. The quantitative estimate of drug-likeness (QED) is 0.944. The summed E-state index contributed by atoms with van der Waals surface area (Å²) in [6.45, 7) is 3.37. The SMILES string of the molecule is Cc1ccc(C(N)c2cccs2)c(=O)n1CC1CCCO1. The fourth-order valence-electron chi connectivity index (χ4n) is 2.76. The van der Waals surface area contributed by atoms with Crippen LogP contribution in [0, 0.1) is 6.92 Å².